The van der Waals surface area contributed by atoms with Crippen molar-refractivity contribution in [1.82, 2.24) is 5.32 Å². The summed E-state index contributed by atoms with van der Waals surface area (Å²) >= 11 is 13.4. The second kappa shape index (κ2) is 6.64. The average molecular weight is 346 g/mol. The highest BCUT2D eigenvalue weighted by Crippen LogP contribution is 2.36. The first-order valence-electron chi connectivity index (χ1n) is 6.32. The standard InChI is InChI=1S/C14H13Cl2NO3S/c1-2-8(6-11(18)19)17-14(20)13-12(16)9-4-3-7(15)5-10(9)21-13/h3-5,8H,2,6H2,1H3,(H,17,20)(H,18,19). The van der Waals surface area contributed by atoms with E-state index in [1.165, 1.54) is 11.3 Å². The number of carboxylic acid groups (broad SMARTS) is 1. The molecule has 2 rings (SSSR count). The van der Waals surface area contributed by atoms with E-state index in [1.54, 1.807) is 18.2 Å². The largest absolute Gasteiger partial charge is 0.481 e. The summed E-state index contributed by atoms with van der Waals surface area (Å²) in [5.41, 5.74) is 0. The van der Waals surface area contributed by atoms with Gasteiger partial charge >= 0.3 is 5.97 Å². The predicted molar refractivity (Wildman–Crippen MR) is 85.6 cm³/mol. The molecule has 0 aliphatic heterocycles. The van der Waals surface area contributed by atoms with Crippen molar-refractivity contribution in [2.24, 2.45) is 0 Å². The molecule has 1 atom stereocenters. The van der Waals surface area contributed by atoms with Gasteiger partial charge in [-0.1, -0.05) is 36.2 Å². The van der Waals surface area contributed by atoms with Crippen LogP contribution in [-0.4, -0.2) is 23.0 Å². The van der Waals surface area contributed by atoms with Crippen LogP contribution in [0.25, 0.3) is 10.1 Å². The smallest absolute Gasteiger partial charge is 0.305 e. The molecule has 0 bridgehead atoms. The van der Waals surface area contributed by atoms with Crippen molar-refractivity contribution in [3.05, 3.63) is 33.1 Å². The summed E-state index contributed by atoms with van der Waals surface area (Å²) in [7, 11) is 0. The second-order valence-electron chi connectivity index (χ2n) is 4.56. The summed E-state index contributed by atoms with van der Waals surface area (Å²) < 4.78 is 0.823. The topological polar surface area (TPSA) is 66.4 Å². The van der Waals surface area contributed by atoms with Crippen LogP contribution in [-0.2, 0) is 4.79 Å². The normalized spacial score (nSPS) is 12.3. The van der Waals surface area contributed by atoms with Crippen molar-refractivity contribution < 1.29 is 14.7 Å². The number of nitrogens with one attached hydrogen (secondary N) is 1. The minimum absolute atomic E-state index is 0.115. The van der Waals surface area contributed by atoms with Crippen molar-refractivity contribution in [2.45, 2.75) is 25.8 Å². The Labute approximate surface area is 135 Å². The maximum absolute atomic E-state index is 12.3. The van der Waals surface area contributed by atoms with E-state index in [0.29, 0.717) is 21.3 Å². The van der Waals surface area contributed by atoms with Crippen LogP contribution in [0.4, 0.5) is 0 Å². The lowest BCUT2D eigenvalue weighted by molar-refractivity contribution is -0.137. The van der Waals surface area contributed by atoms with Gasteiger partial charge in [0.15, 0.2) is 0 Å². The van der Waals surface area contributed by atoms with Crippen LogP contribution >= 0.6 is 34.5 Å². The van der Waals surface area contributed by atoms with E-state index in [0.717, 1.165) is 10.1 Å². The number of hydrogen-bond acceptors (Lipinski definition) is 3. The number of aliphatic carboxylic acids is 1. The van der Waals surface area contributed by atoms with Gasteiger partial charge < -0.3 is 10.4 Å². The van der Waals surface area contributed by atoms with Gasteiger partial charge in [-0.25, -0.2) is 0 Å². The highest BCUT2D eigenvalue weighted by atomic mass is 35.5. The van der Waals surface area contributed by atoms with E-state index in [4.69, 9.17) is 28.3 Å². The molecule has 0 aliphatic carbocycles. The van der Waals surface area contributed by atoms with Gasteiger partial charge in [0, 0.05) is 21.2 Å². The van der Waals surface area contributed by atoms with Crippen molar-refractivity contribution in [2.75, 3.05) is 0 Å². The molecule has 7 heteroatoms. The minimum atomic E-state index is -0.948. The lowest BCUT2D eigenvalue weighted by Gasteiger charge is -2.14. The van der Waals surface area contributed by atoms with E-state index in [2.05, 4.69) is 5.32 Å². The molecule has 1 amide bonds. The molecular formula is C14H13Cl2NO3S. The molecule has 1 aromatic carbocycles. The van der Waals surface area contributed by atoms with E-state index >= 15 is 0 Å². The van der Waals surface area contributed by atoms with Crippen LogP contribution in [0.3, 0.4) is 0 Å². The number of halogens is 2. The van der Waals surface area contributed by atoms with E-state index in [9.17, 15) is 9.59 Å². The van der Waals surface area contributed by atoms with Crippen molar-refractivity contribution in [3.8, 4) is 0 Å². The van der Waals surface area contributed by atoms with Crippen LogP contribution in [0.15, 0.2) is 18.2 Å². The van der Waals surface area contributed by atoms with Crippen LogP contribution < -0.4 is 5.32 Å². The maximum atomic E-state index is 12.3. The SMILES string of the molecule is CCC(CC(=O)O)NC(=O)c1sc2cc(Cl)ccc2c1Cl. The summed E-state index contributed by atoms with van der Waals surface area (Å²) in [5.74, 6) is -1.30. The number of fused-ring (bicyclic) bond motifs is 1. The molecule has 0 fully saturated rings. The molecule has 2 aromatic rings. The Balaban J connectivity index is 2.26. The number of thiophene rings is 1. The number of carbonyl (C=O) groups excluding carboxylic acids is 1. The highest BCUT2D eigenvalue weighted by molar-refractivity contribution is 7.21. The first-order chi connectivity index (χ1) is 9.92. The third-order valence-electron chi connectivity index (χ3n) is 3.05. The molecule has 0 radical (unpaired) electrons. The zero-order chi connectivity index (χ0) is 15.6. The third-order valence-corrected chi connectivity index (χ3v) is 4.94. The monoisotopic (exact) mass is 345 g/mol. The fourth-order valence-corrected chi connectivity index (χ4v) is 3.64. The van der Waals surface area contributed by atoms with Crippen molar-refractivity contribution >= 4 is 56.5 Å². The van der Waals surface area contributed by atoms with Crippen molar-refractivity contribution in [1.29, 1.82) is 0 Å². The van der Waals surface area contributed by atoms with Gasteiger partial charge in [-0.3, -0.25) is 9.59 Å². The third kappa shape index (κ3) is 3.67. The molecule has 4 nitrogen and oxygen atoms in total. The average Bonchev–Trinajstić information content (AvgIpc) is 2.74. The molecule has 0 aliphatic rings. The fraction of sp³-hybridized carbons (Fsp3) is 0.286. The number of benzene rings is 1. The van der Waals surface area contributed by atoms with Gasteiger partial charge in [0.05, 0.1) is 11.4 Å². The molecule has 2 N–H and O–H groups in total. The number of hydrogen-bond donors (Lipinski definition) is 2. The zero-order valence-electron chi connectivity index (χ0n) is 11.2. The van der Waals surface area contributed by atoms with Crippen LogP contribution in [0, 0.1) is 0 Å². The summed E-state index contributed by atoms with van der Waals surface area (Å²) in [6.45, 7) is 1.82. The predicted octanol–water partition coefficient (Wildman–Crippen LogP) is 4.19. The Morgan fingerprint density at radius 3 is 2.71 bits per heavy atom. The van der Waals surface area contributed by atoms with Crippen LogP contribution in [0.2, 0.25) is 10.0 Å². The van der Waals surface area contributed by atoms with Gasteiger partial charge in [-0.05, 0) is 18.6 Å². The Hall–Kier alpha value is -1.30. The minimum Gasteiger partial charge on any atom is -0.481 e. The lowest BCUT2D eigenvalue weighted by atomic mass is 10.1. The fourth-order valence-electron chi connectivity index (χ4n) is 1.94. The number of carbonyl (C=O) groups is 2. The van der Waals surface area contributed by atoms with Gasteiger partial charge in [-0.2, -0.15) is 0 Å². The Bertz CT molecular complexity index is 699. The van der Waals surface area contributed by atoms with E-state index in [-0.39, 0.29) is 12.3 Å². The highest BCUT2D eigenvalue weighted by Gasteiger charge is 2.20. The van der Waals surface area contributed by atoms with Crippen LogP contribution in [0.1, 0.15) is 29.4 Å². The van der Waals surface area contributed by atoms with Gasteiger partial charge in [0.25, 0.3) is 5.91 Å². The second-order valence-corrected chi connectivity index (χ2v) is 6.43. The molecule has 0 saturated carbocycles. The molecule has 0 spiro atoms. The van der Waals surface area contributed by atoms with Gasteiger partial charge in [0.1, 0.15) is 4.88 Å². The van der Waals surface area contributed by atoms with Gasteiger partial charge in [0.2, 0.25) is 0 Å². The zero-order valence-corrected chi connectivity index (χ0v) is 13.5. The molecule has 1 unspecified atom stereocenters. The van der Waals surface area contributed by atoms with E-state index < -0.39 is 12.0 Å². The molecule has 0 saturated heterocycles. The maximum Gasteiger partial charge on any atom is 0.305 e. The number of amides is 1. The molecule has 1 aromatic heterocycles. The Kier molecular flexibility index (Phi) is 5.08. The van der Waals surface area contributed by atoms with Crippen LogP contribution in [0.5, 0.6) is 0 Å². The summed E-state index contributed by atoms with van der Waals surface area (Å²) in [5, 5.41) is 13.2. The Morgan fingerprint density at radius 1 is 1.38 bits per heavy atom. The summed E-state index contributed by atoms with van der Waals surface area (Å²) in [4.78, 5) is 23.4. The molecule has 112 valence electrons. The Morgan fingerprint density at radius 2 is 2.10 bits per heavy atom. The van der Waals surface area contributed by atoms with E-state index in [1.807, 2.05) is 6.92 Å². The van der Waals surface area contributed by atoms with Gasteiger partial charge in [-0.15, -0.1) is 11.3 Å². The molecule has 1 heterocycles. The number of rotatable bonds is 5. The number of carboxylic acids is 1. The first kappa shape index (κ1) is 16.1. The molecule has 21 heavy (non-hydrogen) atoms. The summed E-state index contributed by atoms with van der Waals surface area (Å²) in [6, 6.07) is 4.81. The quantitative estimate of drug-likeness (QED) is 0.853. The van der Waals surface area contributed by atoms with Crippen molar-refractivity contribution in [3.63, 3.8) is 0 Å². The first-order valence-corrected chi connectivity index (χ1v) is 7.89. The molecular weight excluding hydrogens is 333 g/mol. The summed E-state index contributed by atoms with van der Waals surface area (Å²) in [6.07, 6.45) is 0.420. The lowest BCUT2D eigenvalue weighted by Crippen LogP contribution is -2.35.